The Kier molecular flexibility index (Phi) is 3.54. The minimum atomic E-state index is 0.0578. The number of imidazole rings is 1. The Morgan fingerprint density at radius 2 is 1.86 bits per heavy atom. The first-order valence-electron chi connectivity index (χ1n) is 7.03. The van der Waals surface area contributed by atoms with Crippen molar-refractivity contribution in [2.45, 2.75) is 57.7 Å². The molecule has 0 unspecified atom stereocenters. The van der Waals surface area contributed by atoms with Crippen LogP contribution in [0, 0.1) is 0 Å². The van der Waals surface area contributed by atoms with Crippen LogP contribution in [0.2, 0.25) is 5.15 Å². The second-order valence-corrected chi connectivity index (χ2v) is 8.18. The van der Waals surface area contributed by atoms with Gasteiger partial charge in [0.2, 0.25) is 0 Å². The molecule has 2 aromatic heterocycles. The van der Waals surface area contributed by atoms with Crippen molar-refractivity contribution in [1.29, 1.82) is 0 Å². The van der Waals surface area contributed by atoms with Crippen molar-refractivity contribution in [3.63, 3.8) is 0 Å². The first-order valence-corrected chi connectivity index (χ1v) is 8.20. The maximum Gasteiger partial charge on any atom is 0.183 e. The highest BCUT2D eigenvalue weighted by Crippen LogP contribution is 2.38. The zero-order valence-corrected chi connectivity index (χ0v) is 15.0. The molecule has 1 fully saturated rings. The van der Waals surface area contributed by atoms with Gasteiger partial charge >= 0.3 is 0 Å². The highest BCUT2D eigenvalue weighted by atomic mass is 79.9. The van der Waals surface area contributed by atoms with E-state index in [1.807, 2.05) is 0 Å². The third-order valence-electron chi connectivity index (χ3n) is 3.90. The summed E-state index contributed by atoms with van der Waals surface area (Å²) in [6.07, 6.45) is 2.01. The fourth-order valence-corrected chi connectivity index (χ4v) is 4.41. The first-order chi connectivity index (χ1) is 9.67. The van der Waals surface area contributed by atoms with Crippen LogP contribution in [0.15, 0.2) is 10.8 Å². The number of piperidine rings is 1. The average Bonchev–Trinajstić information content (AvgIpc) is 2.59. The van der Waals surface area contributed by atoms with Gasteiger partial charge in [-0.1, -0.05) is 11.6 Å². The lowest BCUT2D eigenvalue weighted by atomic mass is 9.79. The summed E-state index contributed by atoms with van der Waals surface area (Å²) < 4.78 is 2.93. The van der Waals surface area contributed by atoms with Crippen LogP contribution in [0.25, 0.3) is 11.2 Å². The minimum absolute atomic E-state index is 0.0578. The summed E-state index contributed by atoms with van der Waals surface area (Å²) in [5.41, 5.74) is 1.67. The average molecular weight is 373 g/mol. The third-order valence-corrected chi connectivity index (χ3v) is 4.64. The lowest BCUT2D eigenvalue weighted by molar-refractivity contribution is 0.133. The molecule has 0 spiro atoms. The van der Waals surface area contributed by atoms with Gasteiger partial charge in [0.05, 0.1) is 0 Å². The topological polar surface area (TPSA) is 55.6 Å². The lowest BCUT2D eigenvalue weighted by Crippen LogP contribution is -2.58. The lowest BCUT2D eigenvalue weighted by Gasteiger charge is -2.46. The molecule has 0 saturated carbocycles. The molecule has 1 N–H and O–H groups in total. The fraction of sp³-hybridized carbons (Fsp3) is 0.643. The van der Waals surface area contributed by atoms with Gasteiger partial charge in [0.1, 0.15) is 5.52 Å². The molecule has 0 bridgehead atoms. The molecule has 2 aromatic rings. The molecule has 0 atom stereocenters. The number of halogens is 2. The second kappa shape index (κ2) is 4.89. The molecule has 1 aliphatic heterocycles. The zero-order chi connectivity index (χ0) is 15.4. The van der Waals surface area contributed by atoms with Crippen LogP contribution in [-0.4, -0.2) is 30.8 Å². The van der Waals surface area contributed by atoms with Crippen LogP contribution < -0.4 is 5.32 Å². The Labute approximate surface area is 137 Å². The summed E-state index contributed by atoms with van der Waals surface area (Å²) in [5, 5.41) is 12.3. The predicted molar refractivity (Wildman–Crippen MR) is 87.6 cm³/mol. The summed E-state index contributed by atoms with van der Waals surface area (Å²) in [5.74, 6) is 0. The van der Waals surface area contributed by atoms with E-state index in [0.29, 0.717) is 11.2 Å². The number of aromatic nitrogens is 4. The Bertz CT molecular complexity index is 678. The molecular weight excluding hydrogens is 354 g/mol. The van der Waals surface area contributed by atoms with E-state index >= 15 is 0 Å². The van der Waals surface area contributed by atoms with E-state index in [1.54, 1.807) is 6.07 Å². The molecule has 0 aromatic carbocycles. The van der Waals surface area contributed by atoms with Gasteiger partial charge in [-0.3, -0.25) is 4.57 Å². The van der Waals surface area contributed by atoms with Gasteiger partial charge in [-0.25, -0.2) is 4.98 Å². The van der Waals surface area contributed by atoms with Crippen molar-refractivity contribution < 1.29 is 0 Å². The molecule has 7 heteroatoms. The summed E-state index contributed by atoms with van der Waals surface area (Å²) >= 11 is 9.47. The number of hydrogen-bond donors (Lipinski definition) is 1. The molecule has 5 nitrogen and oxygen atoms in total. The van der Waals surface area contributed by atoms with Crippen molar-refractivity contribution >= 4 is 38.7 Å². The Morgan fingerprint density at radius 1 is 1.24 bits per heavy atom. The molecule has 3 rings (SSSR count). The van der Waals surface area contributed by atoms with Gasteiger partial charge in [0.25, 0.3) is 0 Å². The molecule has 1 aliphatic rings. The molecule has 21 heavy (non-hydrogen) atoms. The highest BCUT2D eigenvalue weighted by molar-refractivity contribution is 9.10. The third kappa shape index (κ3) is 2.94. The van der Waals surface area contributed by atoms with Crippen LogP contribution in [-0.2, 0) is 0 Å². The van der Waals surface area contributed by atoms with E-state index in [-0.39, 0.29) is 11.1 Å². The van der Waals surface area contributed by atoms with Crippen molar-refractivity contribution in [1.82, 2.24) is 25.1 Å². The van der Waals surface area contributed by atoms with Gasteiger partial charge < -0.3 is 5.32 Å². The SMILES string of the molecule is CC1(C)CC(n2c(Br)nc3cc(Cl)nnc32)CC(C)(C)N1. The molecular formula is C14H19BrClN5. The van der Waals surface area contributed by atoms with E-state index in [4.69, 9.17) is 11.6 Å². The number of fused-ring (bicyclic) bond motifs is 1. The summed E-state index contributed by atoms with van der Waals surface area (Å²) in [4.78, 5) is 4.52. The first kappa shape index (κ1) is 15.2. The van der Waals surface area contributed by atoms with Gasteiger partial charge in [-0.15, -0.1) is 10.2 Å². The van der Waals surface area contributed by atoms with Crippen LogP contribution in [0.1, 0.15) is 46.6 Å². The molecule has 0 amide bonds. The van der Waals surface area contributed by atoms with Crippen LogP contribution in [0.5, 0.6) is 0 Å². The molecule has 0 radical (unpaired) electrons. The Morgan fingerprint density at radius 3 is 2.48 bits per heavy atom. The van der Waals surface area contributed by atoms with E-state index in [0.717, 1.165) is 28.7 Å². The van der Waals surface area contributed by atoms with Crippen LogP contribution in [0.3, 0.4) is 0 Å². The molecule has 1 saturated heterocycles. The van der Waals surface area contributed by atoms with Crippen molar-refractivity contribution in [2.75, 3.05) is 0 Å². The van der Waals surface area contributed by atoms with Crippen molar-refractivity contribution in [3.8, 4) is 0 Å². The number of rotatable bonds is 1. The van der Waals surface area contributed by atoms with E-state index in [2.05, 4.69) is 68.7 Å². The Hall–Kier alpha value is -0.720. The van der Waals surface area contributed by atoms with Crippen molar-refractivity contribution in [3.05, 3.63) is 16.0 Å². The number of nitrogens with zero attached hydrogens (tertiary/aromatic N) is 4. The Balaban J connectivity index is 2.09. The van der Waals surface area contributed by atoms with Gasteiger partial charge in [-0.2, -0.15) is 0 Å². The van der Waals surface area contributed by atoms with E-state index < -0.39 is 0 Å². The van der Waals surface area contributed by atoms with Gasteiger partial charge in [-0.05, 0) is 56.5 Å². The maximum atomic E-state index is 5.91. The predicted octanol–water partition coefficient (Wildman–Crippen LogP) is 3.72. The van der Waals surface area contributed by atoms with E-state index in [9.17, 15) is 0 Å². The molecule has 3 heterocycles. The second-order valence-electron chi connectivity index (χ2n) is 7.08. The smallest absolute Gasteiger partial charge is 0.183 e. The fourth-order valence-electron chi connectivity index (χ4n) is 3.62. The van der Waals surface area contributed by atoms with Gasteiger partial charge in [0.15, 0.2) is 15.5 Å². The van der Waals surface area contributed by atoms with Crippen molar-refractivity contribution in [2.24, 2.45) is 0 Å². The van der Waals surface area contributed by atoms with Gasteiger partial charge in [0, 0.05) is 23.2 Å². The van der Waals surface area contributed by atoms with Crippen LogP contribution in [0.4, 0.5) is 0 Å². The minimum Gasteiger partial charge on any atom is -0.307 e. The van der Waals surface area contributed by atoms with Crippen LogP contribution >= 0.6 is 27.5 Å². The standard InChI is InChI=1S/C14H19BrClN5/c1-13(2)6-8(7-14(3,4)20-13)21-11-9(17-12(21)15)5-10(16)18-19-11/h5,8,20H,6-7H2,1-4H3. The summed E-state index contributed by atoms with van der Waals surface area (Å²) in [6, 6.07) is 2.06. The summed E-state index contributed by atoms with van der Waals surface area (Å²) in [6.45, 7) is 8.93. The van der Waals surface area contributed by atoms with E-state index in [1.165, 1.54) is 0 Å². The quantitative estimate of drug-likeness (QED) is 0.829. The molecule has 0 aliphatic carbocycles. The zero-order valence-electron chi connectivity index (χ0n) is 12.6. The monoisotopic (exact) mass is 371 g/mol. The number of hydrogen-bond acceptors (Lipinski definition) is 4. The normalized spacial score (nSPS) is 21.8. The maximum absolute atomic E-state index is 5.91. The number of nitrogens with one attached hydrogen (secondary N) is 1. The highest BCUT2D eigenvalue weighted by Gasteiger charge is 2.39. The summed E-state index contributed by atoms with van der Waals surface area (Å²) in [7, 11) is 0. The largest absolute Gasteiger partial charge is 0.307 e. The molecule has 114 valence electrons.